The number of aliphatic imine (C=N–C) groups is 2. The van der Waals surface area contributed by atoms with Gasteiger partial charge < -0.3 is 15.8 Å². The summed E-state index contributed by atoms with van der Waals surface area (Å²) >= 11 is 0. The van der Waals surface area contributed by atoms with E-state index in [0.29, 0.717) is 37.7 Å². The number of nitrogens with one attached hydrogen (secondary N) is 4. The van der Waals surface area contributed by atoms with Crippen LogP contribution in [-0.4, -0.2) is 84.4 Å². The molecule has 0 saturated carbocycles. The number of carbonyl (C=O) groups excluding carboxylic acids is 4. The summed E-state index contributed by atoms with van der Waals surface area (Å²) in [5, 5.41) is 32.4. The monoisotopic (exact) mass is 646 g/mol. The van der Waals surface area contributed by atoms with Gasteiger partial charge in [-0.1, -0.05) is 39.0 Å². The Hall–Kier alpha value is -4.90. The molecule has 0 radical (unpaired) electrons. The summed E-state index contributed by atoms with van der Waals surface area (Å²) < 4.78 is 0. The van der Waals surface area contributed by atoms with E-state index in [2.05, 4.69) is 72.4 Å². The van der Waals surface area contributed by atoms with Gasteiger partial charge in [0.1, 0.15) is 5.78 Å². The minimum atomic E-state index is -0.354. The van der Waals surface area contributed by atoms with Crippen molar-refractivity contribution in [1.82, 2.24) is 51.5 Å². The highest BCUT2D eigenvalue weighted by molar-refractivity contribution is 5.75. The molecule has 20 nitrogen and oxygen atoms in total. The minimum Gasteiger partial charge on any atom is -0.337 e. The Morgan fingerprint density at radius 2 is 1.26 bits per heavy atom. The zero-order valence-corrected chi connectivity index (χ0v) is 26.6. The van der Waals surface area contributed by atoms with Crippen molar-refractivity contribution >= 4 is 35.9 Å². The number of hydrazine groups is 2. The van der Waals surface area contributed by atoms with Crippen LogP contribution in [0.3, 0.4) is 0 Å². The summed E-state index contributed by atoms with van der Waals surface area (Å²) in [5.41, 5.74) is 12.4. The summed E-state index contributed by atoms with van der Waals surface area (Å²) in [4.78, 5) is 48.5. The third kappa shape index (κ3) is 25.6. The smallest absolute Gasteiger partial charge is 0.333 e. The molecule has 0 saturated heterocycles. The van der Waals surface area contributed by atoms with E-state index < -0.39 is 0 Å². The van der Waals surface area contributed by atoms with Crippen LogP contribution in [0.4, 0.5) is 16.7 Å². The SMILES string of the molecule is CCCc1nnc(NNC(=O)NCCCCCCCC(C)=O)nn1.NCc1nnc(NN)nn1.O=C=NCCCCCCN=C=O. The van der Waals surface area contributed by atoms with E-state index in [9.17, 15) is 19.2 Å². The molecule has 2 heterocycles. The molecule has 0 atom stereocenters. The van der Waals surface area contributed by atoms with Gasteiger partial charge >= 0.3 is 6.03 Å². The maximum absolute atomic E-state index is 11.6. The Kier molecular flexibility index (Phi) is 26.9. The number of Topliss-reactive ketones (excluding diaryl/α,β-unsaturated/α-hetero) is 1. The molecule has 0 aliphatic carbocycles. The number of aromatic nitrogens is 8. The number of aryl methyl sites for hydroxylation is 1. The number of rotatable bonds is 21. The second-order valence-corrected chi connectivity index (χ2v) is 9.46. The zero-order valence-electron chi connectivity index (χ0n) is 26.6. The number of hydrogen-bond donors (Lipinski definition) is 6. The van der Waals surface area contributed by atoms with Gasteiger partial charge in [-0.3, -0.25) is 10.9 Å². The van der Waals surface area contributed by atoms with Crippen LogP contribution in [0.15, 0.2) is 9.98 Å². The van der Waals surface area contributed by atoms with Gasteiger partial charge in [-0.25, -0.2) is 35.6 Å². The first-order chi connectivity index (χ1) is 22.4. The molecule has 8 N–H and O–H groups in total. The first-order valence-electron chi connectivity index (χ1n) is 15.1. The largest absolute Gasteiger partial charge is 0.337 e. The molecule has 2 aromatic rings. The first-order valence-corrected chi connectivity index (χ1v) is 15.1. The number of ketones is 1. The number of nitrogen functional groups attached to an aromatic ring is 1. The number of amides is 2. The number of nitrogens with two attached hydrogens (primary N) is 2. The van der Waals surface area contributed by atoms with Gasteiger partial charge in [0.15, 0.2) is 11.6 Å². The molecule has 0 bridgehead atoms. The van der Waals surface area contributed by atoms with Crippen molar-refractivity contribution in [3.8, 4) is 0 Å². The highest BCUT2D eigenvalue weighted by Crippen LogP contribution is 2.05. The van der Waals surface area contributed by atoms with E-state index >= 15 is 0 Å². The van der Waals surface area contributed by atoms with Gasteiger partial charge in [-0.15, -0.1) is 40.8 Å². The first kappa shape index (κ1) is 41.1. The summed E-state index contributed by atoms with van der Waals surface area (Å²) in [6.07, 6.45) is 14.1. The second kappa shape index (κ2) is 30.1. The molecule has 2 aromatic heterocycles. The molecule has 46 heavy (non-hydrogen) atoms. The topological polar surface area (TPSA) is 296 Å². The molecule has 0 aliphatic rings. The van der Waals surface area contributed by atoms with E-state index in [1.54, 1.807) is 6.92 Å². The van der Waals surface area contributed by atoms with Crippen LogP contribution >= 0.6 is 0 Å². The van der Waals surface area contributed by atoms with E-state index in [0.717, 1.165) is 70.6 Å². The second-order valence-electron chi connectivity index (χ2n) is 9.46. The van der Waals surface area contributed by atoms with E-state index in [1.165, 1.54) is 12.2 Å². The molecule has 0 fully saturated rings. The molecule has 0 aliphatic heterocycles. The standard InChI is InChI=1S/C15H27N7O2.C8H12N2O2.C3H7N7/c1-3-9-13-17-19-14(20-18-13)21-22-15(24)16-11-8-6-4-5-7-10-12(2)23;11-7-9-5-3-1-2-4-6-10-8-12;4-1-2-7-9-3(6-5)10-8-2/h3-11H2,1-2H3,(H2,16,22,24)(H,19,20,21);1-6H2;1,4-5H2,(H,6,9,10). The Balaban J connectivity index is 0.000000761. The number of urea groups is 1. The lowest BCUT2D eigenvalue weighted by molar-refractivity contribution is -0.117. The fraction of sp³-hybridized carbons (Fsp3) is 0.692. The predicted octanol–water partition coefficient (Wildman–Crippen LogP) is 1.00. The van der Waals surface area contributed by atoms with Crippen LogP contribution < -0.4 is 33.2 Å². The minimum absolute atomic E-state index is 0.149. The van der Waals surface area contributed by atoms with Gasteiger partial charge in [0.05, 0.1) is 19.6 Å². The highest BCUT2D eigenvalue weighted by Gasteiger charge is 2.03. The number of isocyanates is 2. The lowest BCUT2D eigenvalue weighted by Gasteiger charge is -2.08. The van der Waals surface area contributed by atoms with Crippen LogP contribution in [-0.2, 0) is 27.3 Å². The normalized spacial score (nSPS) is 9.57. The lowest BCUT2D eigenvalue weighted by atomic mass is 10.1. The molecule has 2 rings (SSSR count). The lowest BCUT2D eigenvalue weighted by Crippen LogP contribution is -2.40. The van der Waals surface area contributed by atoms with Gasteiger partial charge in [-0.2, -0.15) is 0 Å². The van der Waals surface area contributed by atoms with E-state index in [4.69, 9.17) is 11.6 Å². The number of carbonyl (C=O) groups is 2. The molecule has 0 aromatic carbocycles. The molecule has 0 spiro atoms. The number of anilines is 2. The van der Waals surface area contributed by atoms with Crippen LogP contribution in [0.1, 0.15) is 96.1 Å². The van der Waals surface area contributed by atoms with Crippen molar-refractivity contribution in [1.29, 1.82) is 0 Å². The van der Waals surface area contributed by atoms with Crippen molar-refractivity contribution in [3.05, 3.63) is 11.6 Å². The third-order valence-electron chi connectivity index (χ3n) is 5.52. The van der Waals surface area contributed by atoms with Gasteiger partial charge in [-0.05, 0) is 39.0 Å². The van der Waals surface area contributed by atoms with Gasteiger partial charge in [0.25, 0.3) is 11.9 Å². The van der Waals surface area contributed by atoms with Crippen LogP contribution in [0.5, 0.6) is 0 Å². The maximum Gasteiger partial charge on any atom is 0.333 e. The fourth-order valence-electron chi connectivity index (χ4n) is 3.23. The van der Waals surface area contributed by atoms with Crippen LogP contribution in [0, 0.1) is 0 Å². The van der Waals surface area contributed by atoms with Crippen molar-refractivity contribution in [2.24, 2.45) is 21.6 Å². The Morgan fingerprint density at radius 1 is 0.739 bits per heavy atom. The average Bonchev–Trinajstić information content (AvgIpc) is 3.07. The van der Waals surface area contributed by atoms with Crippen LogP contribution in [0.2, 0.25) is 0 Å². The summed E-state index contributed by atoms with van der Waals surface area (Å²) in [5.74, 6) is 6.49. The maximum atomic E-state index is 11.6. The molecular weight excluding hydrogens is 600 g/mol. The van der Waals surface area contributed by atoms with Crippen molar-refractivity contribution in [3.63, 3.8) is 0 Å². The Morgan fingerprint density at radius 3 is 1.78 bits per heavy atom. The molecule has 2 amide bonds. The fourth-order valence-corrected chi connectivity index (χ4v) is 3.23. The van der Waals surface area contributed by atoms with Gasteiger partial charge in [0.2, 0.25) is 12.2 Å². The van der Waals surface area contributed by atoms with Crippen molar-refractivity contribution in [2.75, 3.05) is 30.5 Å². The summed E-state index contributed by atoms with van der Waals surface area (Å²) in [6, 6.07) is -0.354. The Labute approximate surface area is 267 Å². The molecular formula is C26H46N16O4. The number of hydrogen-bond acceptors (Lipinski definition) is 18. The van der Waals surface area contributed by atoms with E-state index in [1.807, 2.05) is 6.92 Å². The average molecular weight is 647 g/mol. The number of nitrogens with zero attached hydrogens (tertiary/aromatic N) is 10. The summed E-state index contributed by atoms with van der Waals surface area (Å²) in [7, 11) is 0. The number of unbranched alkanes of at least 4 members (excludes halogenated alkanes) is 7. The van der Waals surface area contributed by atoms with Gasteiger partial charge in [0, 0.05) is 19.4 Å². The van der Waals surface area contributed by atoms with E-state index in [-0.39, 0.29) is 30.3 Å². The predicted molar refractivity (Wildman–Crippen MR) is 168 cm³/mol. The van der Waals surface area contributed by atoms with Crippen LogP contribution in [0.25, 0.3) is 0 Å². The zero-order chi connectivity index (χ0) is 34.1. The van der Waals surface area contributed by atoms with Crippen molar-refractivity contribution in [2.45, 2.75) is 97.4 Å². The van der Waals surface area contributed by atoms with Crippen molar-refractivity contribution < 1.29 is 19.2 Å². The Bertz CT molecular complexity index is 1110. The quantitative estimate of drug-likeness (QED) is 0.0362. The third-order valence-corrected chi connectivity index (χ3v) is 5.52. The summed E-state index contributed by atoms with van der Waals surface area (Å²) in [6.45, 7) is 5.57. The molecule has 254 valence electrons. The highest BCUT2D eigenvalue weighted by atomic mass is 16.2. The molecule has 20 heteroatoms. The molecule has 0 unspecified atom stereocenters.